The molecule has 0 radical (unpaired) electrons. The van der Waals surface area contributed by atoms with E-state index >= 15 is 0 Å². The van der Waals surface area contributed by atoms with Crippen LogP contribution in [0.5, 0.6) is 5.75 Å². The molecule has 0 saturated heterocycles. The number of ether oxygens (including phenoxy) is 1. The molecule has 0 aliphatic heterocycles. The molecular weight excluding hydrogens is 306 g/mol. The molecule has 88 valence electrons. The van der Waals surface area contributed by atoms with E-state index in [-0.39, 0.29) is 11.5 Å². The Morgan fingerprint density at radius 3 is 2.88 bits per heavy atom. The van der Waals surface area contributed by atoms with E-state index in [1.807, 2.05) is 24.3 Å². The second-order valence-electron chi connectivity index (χ2n) is 3.14. The van der Waals surface area contributed by atoms with Crippen LogP contribution < -0.4 is 4.74 Å². The highest BCUT2D eigenvalue weighted by molar-refractivity contribution is 9.10. The maximum Gasteiger partial charge on any atom is 0.347 e. The molecule has 0 amide bonds. The van der Waals surface area contributed by atoms with E-state index < -0.39 is 5.97 Å². The molecule has 0 bridgehead atoms. The lowest BCUT2D eigenvalue weighted by atomic mass is 10.3. The van der Waals surface area contributed by atoms with Crippen molar-refractivity contribution < 1.29 is 14.6 Å². The third-order valence-electron chi connectivity index (χ3n) is 1.95. The normalized spacial score (nSPS) is 10.2. The van der Waals surface area contributed by atoms with Gasteiger partial charge in [-0.3, -0.25) is 0 Å². The number of hydrogen-bond acceptors (Lipinski definition) is 4. The lowest BCUT2D eigenvalue weighted by molar-refractivity contribution is 0.0702. The molecular formula is C11H8BrNO3S. The van der Waals surface area contributed by atoms with Gasteiger partial charge in [-0.05, 0) is 28.1 Å². The molecule has 6 heteroatoms. The number of nitrogens with zero attached hydrogens (tertiary/aromatic N) is 1. The van der Waals surface area contributed by atoms with Gasteiger partial charge in [-0.25, -0.2) is 9.78 Å². The summed E-state index contributed by atoms with van der Waals surface area (Å²) in [6.07, 6.45) is 1.34. The third kappa shape index (κ3) is 3.04. The Kier molecular flexibility index (Phi) is 3.75. The summed E-state index contributed by atoms with van der Waals surface area (Å²) in [6.45, 7) is 0.264. The fourth-order valence-electron chi connectivity index (χ4n) is 1.18. The zero-order valence-electron chi connectivity index (χ0n) is 8.59. The quantitative estimate of drug-likeness (QED) is 0.941. The van der Waals surface area contributed by atoms with E-state index in [1.54, 1.807) is 0 Å². The Balaban J connectivity index is 2.02. The molecule has 1 heterocycles. The van der Waals surface area contributed by atoms with Crippen LogP contribution in [0.4, 0.5) is 0 Å². The zero-order chi connectivity index (χ0) is 12.3. The van der Waals surface area contributed by atoms with Crippen LogP contribution in [0.2, 0.25) is 0 Å². The summed E-state index contributed by atoms with van der Waals surface area (Å²) in [5.41, 5.74) is 0. The summed E-state index contributed by atoms with van der Waals surface area (Å²) in [7, 11) is 0. The van der Waals surface area contributed by atoms with E-state index in [1.165, 1.54) is 6.20 Å². The number of rotatable bonds is 4. The summed E-state index contributed by atoms with van der Waals surface area (Å²) in [4.78, 5) is 14.9. The monoisotopic (exact) mass is 313 g/mol. The maximum absolute atomic E-state index is 10.7. The standard InChI is InChI=1S/C11H8BrNO3S/c12-7-3-1-2-4-8(7)16-6-10-13-5-9(17-10)11(14)15/h1-5H,6H2,(H,14,15). The number of carbonyl (C=O) groups is 1. The Morgan fingerprint density at radius 1 is 1.47 bits per heavy atom. The lowest BCUT2D eigenvalue weighted by Gasteiger charge is -2.05. The van der Waals surface area contributed by atoms with Crippen molar-refractivity contribution in [3.63, 3.8) is 0 Å². The van der Waals surface area contributed by atoms with Gasteiger partial charge in [0.2, 0.25) is 0 Å². The first-order valence-corrected chi connectivity index (χ1v) is 6.33. The van der Waals surface area contributed by atoms with E-state index in [9.17, 15) is 4.79 Å². The van der Waals surface area contributed by atoms with Gasteiger partial charge in [0.1, 0.15) is 22.2 Å². The molecule has 0 unspecified atom stereocenters. The van der Waals surface area contributed by atoms with E-state index in [0.717, 1.165) is 15.8 Å². The average Bonchev–Trinajstić information content (AvgIpc) is 2.77. The number of aromatic carboxylic acids is 1. The summed E-state index contributed by atoms with van der Waals surface area (Å²) < 4.78 is 6.38. The number of aromatic nitrogens is 1. The Morgan fingerprint density at radius 2 is 2.24 bits per heavy atom. The van der Waals surface area contributed by atoms with Crippen LogP contribution in [-0.2, 0) is 6.61 Å². The number of benzene rings is 1. The van der Waals surface area contributed by atoms with Gasteiger partial charge in [-0.1, -0.05) is 12.1 Å². The van der Waals surface area contributed by atoms with Gasteiger partial charge in [0.05, 0.1) is 10.7 Å². The second-order valence-corrected chi connectivity index (χ2v) is 5.11. The number of hydrogen-bond donors (Lipinski definition) is 1. The molecule has 2 rings (SSSR count). The fraction of sp³-hybridized carbons (Fsp3) is 0.0909. The van der Waals surface area contributed by atoms with Crippen molar-refractivity contribution in [3.05, 3.63) is 44.8 Å². The predicted molar refractivity (Wildman–Crippen MR) is 67.5 cm³/mol. The fourth-order valence-corrected chi connectivity index (χ4v) is 2.25. The molecule has 2 aromatic rings. The van der Waals surface area contributed by atoms with Gasteiger partial charge in [-0.15, -0.1) is 11.3 Å². The van der Waals surface area contributed by atoms with E-state index in [4.69, 9.17) is 9.84 Å². The van der Waals surface area contributed by atoms with Gasteiger partial charge in [0.15, 0.2) is 0 Å². The van der Waals surface area contributed by atoms with Crippen molar-refractivity contribution in [1.29, 1.82) is 0 Å². The van der Waals surface area contributed by atoms with Gasteiger partial charge in [0, 0.05) is 0 Å². The van der Waals surface area contributed by atoms with Crippen LogP contribution in [-0.4, -0.2) is 16.1 Å². The van der Waals surface area contributed by atoms with E-state index in [0.29, 0.717) is 10.8 Å². The first-order chi connectivity index (χ1) is 8.16. The van der Waals surface area contributed by atoms with Crippen LogP contribution in [0, 0.1) is 0 Å². The smallest absolute Gasteiger partial charge is 0.347 e. The van der Waals surface area contributed by atoms with Crippen molar-refractivity contribution in [1.82, 2.24) is 4.98 Å². The number of thiazole rings is 1. The van der Waals surface area contributed by atoms with Crippen molar-refractivity contribution in [3.8, 4) is 5.75 Å². The van der Waals surface area contributed by atoms with Crippen molar-refractivity contribution in [2.45, 2.75) is 6.61 Å². The molecule has 1 aromatic carbocycles. The molecule has 4 nitrogen and oxygen atoms in total. The van der Waals surface area contributed by atoms with Crippen LogP contribution in [0.15, 0.2) is 34.9 Å². The lowest BCUT2D eigenvalue weighted by Crippen LogP contribution is -1.94. The first-order valence-electron chi connectivity index (χ1n) is 4.72. The first kappa shape index (κ1) is 12.1. The zero-order valence-corrected chi connectivity index (χ0v) is 11.0. The molecule has 0 fully saturated rings. The third-order valence-corrected chi connectivity index (χ3v) is 3.57. The van der Waals surface area contributed by atoms with Crippen LogP contribution in [0.3, 0.4) is 0 Å². The summed E-state index contributed by atoms with van der Waals surface area (Å²) in [5.74, 6) is -0.255. The highest BCUT2D eigenvalue weighted by Gasteiger charge is 2.09. The minimum atomic E-state index is -0.963. The van der Waals surface area contributed by atoms with Crippen molar-refractivity contribution >= 4 is 33.2 Å². The van der Waals surface area contributed by atoms with E-state index in [2.05, 4.69) is 20.9 Å². The molecule has 17 heavy (non-hydrogen) atoms. The van der Waals surface area contributed by atoms with Crippen LogP contribution in [0.1, 0.15) is 14.7 Å². The molecule has 0 aliphatic carbocycles. The van der Waals surface area contributed by atoms with Gasteiger partial charge in [0.25, 0.3) is 0 Å². The summed E-state index contributed by atoms with van der Waals surface area (Å²) in [5, 5.41) is 9.39. The number of carboxylic acids is 1. The second kappa shape index (κ2) is 5.29. The van der Waals surface area contributed by atoms with Gasteiger partial charge >= 0.3 is 5.97 Å². The highest BCUT2D eigenvalue weighted by atomic mass is 79.9. The molecule has 1 N–H and O–H groups in total. The van der Waals surface area contributed by atoms with Gasteiger partial charge < -0.3 is 9.84 Å². The minimum absolute atomic E-state index is 0.218. The molecule has 1 aromatic heterocycles. The Hall–Kier alpha value is -1.40. The number of halogens is 1. The molecule has 0 saturated carbocycles. The Bertz CT molecular complexity index is 541. The van der Waals surface area contributed by atoms with Crippen molar-refractivity contribution in [2.75, 3.05) is 0 Å². The Labute approximate surface area is 110 Å². The average molecular weight is 314 g/mol. The van der Waals surface area contributed by atoms with Crippen LogP contribution >= 0.6 is 27.3 Å². The van der Waals surface area contributed by atoms with Crippen LogP contribution in [0.25, 0.3) is 0 Å². The van der Waals surface area contributed by atoms with Gasteiger partial charge in [-0.2, -0.15) is 0 Å². The topological polar surface area (TPSA) is 59.4 Å². The summed E-state index contributed by atoms with van der Waals surface area (Å²) >= 11 is 4.48. The predicted octanol–water partition coefficient (Wildman–Crippen LogP) is 3.18. The molecule has 0 aliphatic rings. The molecule has 0 atom stereocenters. The SMILES string of the molecule is O=C(O)c1cnc(COc2ccccc2Br)s1. The highest BCUT2D eigenvalue weighted by Crippen LogP contribution is 2.25. The van der Waals surface area contributed by atoms with Crippen molar-refractivity contribution in [2.24, 2.45) is 0 Å². The summed E-state index contributed by atoms with van der Waals surface area (Å²) in [6, 6.07) is 7.46. The minimum Gasteiger partial charge on any atom is -0.485 e. The number of para-hydroxylation sites is 1. The maximum atomic E-state index is 10.7. The largest absolute Gasteiger partial charge is 0.485 e. The molecule has 0 spiro atoms. The number of carboxylic acid groups (broad SMARTS) is 1.